The van der Waals surface area contributed by atoms with E-state index in [1.807, 2.05) is 18.7 Å². The number of aliphatic imine (C=N–C) groups is 1. The highest BCUT2D eigenvalue weighted by Crippen LogP contribution is 2.11. The highest BCUT2D eigenvalue weighted by atomic mass is 15.3. The van der Waals surface area contributed by atoms with Crippen molar-refractivity contribution in [3.8, 4) is 0 Å². The van der Waals surface area contributed by atoms with Crippen molar-refractivity contribution in [2.75, 3.05) is 32.7 Å². The fourth-order valence-electron chi connectivity index (χ4n) is 3.89. The normalized spacial score (nSPS) is 15.3. The van der Waals surface area contributed by atoms with E-state index >= 15 is 0 Å². The Hall–Kier alpha value is -3.12. The van der Waals surface area contributed by atoms with E-state index in [4.69, 9.17) is 4.99 Å². The van der Waals surface area contributed by atoms with E-state index in [9.17, 15) is 0 Å². The molecule has 3 aromatic rings. The highest BCUT2D eigenvalue weighted by molar-refractivity contribution is 5.80. The molecule has 1 aliphatic rings. The maximum Gasteiger partial charge on any atom is 0.194 e. The predicted octanol–water partition coefficient (Wildman–Crippen LogP) is 3.21. The van der Waals surface area contributed by atoms with Gasteiger partial charge in [0.05, 0.1) is 12.9 Å². The number of hydrogen-bond donors (Lipinski definition) is 1. The van der Waals surface area contributed by atoms with Crippen LogP contribution in [0.5, 0.6) is 0 Å². The highest BCUT2D eigenvalue weighted by Gasteiger charge is 2.19. The number of imidazole rings is 1. The first-order chi connectivity index (χ1) is 15.3. The molecule has 2 aromatic carbocycles. The van der Waals surface area contributed by atoms with Crippen molar-refractivity contribution in [2.45, 2.75) is 26.6 Å². The minimum atomic E-state index is 0.692. The van der Waals surface area contributed by atoms with Crippen LogP contribution in [0.4, 0.5) is 0 Å². The van der Waals surface area contributed by atoms with Gasteiger partial charge in [0.25, 0.3) is 0 Å². The van der Waals surface area contributed by atoms with Crippen molar-refractivity contribution < 1.29 is 0 Å². The van der Waals surface area contributed by atoms with Crippen LogP contribution >= 0.6 is 0 Å². The summed E-state index contributed by atoms with van der Waals surface area (Å²) in [5.41, 5.74) is 3.88. The monoisotopic (exact) mass is 416 g/mol. The van der Waals surface area contributed by atoms with E-state index in [1.54, 1.807) is 0 Å². The molecule has 4 rings (SSSR count). The average molecular weight is 417 g/mol. The number of piperazine rings is 1. The van der Waals surface area contributed by atoms with Gasteiger partial charge in [0.2, 0.25) is 0 Å². The Balaban J connectivity index is 1.31. The largest absolute Gasteiger partial charge is 0.357 e. The van der Waals surface area contributed by atoms with Gasteiger partial charge in [-0.05, 0) is 23.6 Å². The van der Waals surface area contributed by atoms with Gasteiger partial charge in [0.15, 0.2) is 5.96 Å². The summed E-state index contributed by atoms with van der Waals surface area (Å²) in [5.74, 6) is 1.02. The summed E-state index contributed by atoms with van der Waals surface area (Å²) >= 11 is 0. The Labute approximate surface area is 185 Å². The number of rotatable bonds is 7. The molecule has 0 amide bonds. The van der Waals surface area contributed by atoms with Crippen molar-refractivity contribution in [3.05, 3.63) is 90.0 Å². The quantitative estimate of drug-likeness (QED) is 0.475. The summed E-state index contributed by atoms with van der Waals surface area (Å²) in [6.45, 7) is 9.69. The molecule has 6 heteroatoms. The molecule has 1 aromatic heterocycles. The van der Waals surface area contributed by atoms with Crippen LogP contribution in [0, 0.1) is 0 Å². The third-order valence-electron chi connectivity index (χ3n) is 5.61. The van der Waals surface area contributed by atoms with Crippen molar-refractivity contribution in [1.29, 1.82) is 0 Å². The average Bonchev–Trinajstić information content (AvgIpc) is 3.32. The third-order valence-corrected chi connectivity index (χ3v) is 5.61. The number of nitrogens with one attached hydrogen (secondary N) is 1. The van der Waals surface area contributed by atoms with E-state index in [0.29, 0.717) is 6.54 Å². The lowest BCUT2D eigenvalue weighted by Gasteiger charge is -2.36. The molecule has 0 radical (unpaired) electrons. The lowest BCUT2D eigenvalue weighted by molar-refractivity contribution is 0.172. The second-order valence-corrected chi connectivity index (χ2v) is 7.97. The molecular weight excluding hydrogens is 384 g/mol. The van der Waals surface area contributed by atoms with Gasteiger partial charge < -0.3 is 14.8 Å². The van der Waals surface area contributed by atoms with Gasteiger partial charge in [0, 0.05) is 58.2 Å². The van der Waals surface area contributed by atoms with E-state index in [1.165, 1.54) is 16.7 Å². The summed E-state index contributed by atoms with van der Waals surface area (Å²) in [5, 5.41) is 3.48. The summed E-state index contributed by atoms with van der Waals surface area (Å²) in [7, 11) is 0. The molecule has 0 aliphatic carbocycles. The zero-order valence-corrected chi connectivity index (χ0v) is 18.3. The summed E-state index contributed by atoms with van der Waals surface area (Å²) in [4.78, 5) is 13.9. The van der Waals surface area contributed by atoms with Crippen LogP contribution in [-0.2, 0) is 19.6 Å². The summed E-state index contributed by atoms with van der Waals surface area (Å²) in [6.07, 6.45) is 5.65. The maximum absolute atomic E-state index is 4.92. The van der Waals surface area contributed by atoms with E-state index in [0.717, 1.165) is 51.8 Å². The molecular formula is C25H32N6. The minimum Gasteiger partial charge on any atom is -0.357 e. The van der Waals surface area contributed by atoms with Gasteiger partial charge in [-0.25, -0.2) is 9.98 Å². The Kier molecular flexibility index (Phi) is 7.34. The predicted molar refractivity (Wildman–Crippen MR) is 126 cm³/mol. The van der Waals surface area contributed by atoms with Crippen LogP contribution in [0.25, 0.3) is 0 Å². The zero-order valence-electron chi connectivity index (χ0n) is 18.3. The first kappa shape index (κ1) is 21.1. The maximum atomic E-state index is 4.92. The second-order valence-electron chi connectivity index (χ2n) is 7.97. The first-order valence-corrected chi connectivity index (χ1v) is 11.1. The molecule has 0 atom stereocenters. The molecule has 1 aliphatic heterocycles. The van der Waals surface area contributed by atoms with Gasteiger partial charge in [0.1, 0.15) is 0 Å². The van der Waals surface area contributed by atoms with Gasteiger partial charge >= 0.3 is 0 Å². The molecule has 31 heavy (non-hydrogen) atoms. The number of guanidine groups is 1. The van der Waals surface area contributed by atoms with E-state index < -0.39 is 0 Å². The Bertz CT molecular complexity index is 926. The molecule has 162 valence electrons. The number of aromatic nitrogens is 2. The van der Waals surface area contributed by atoms with Crippen LogP contribution < -0.4 is 5.32 Å². The van der Waals surface area contributed by atoms with Crippen LogP contribution in [0.2, 0.25) is 0 Å². The Morgan fingerprint density at radius 1 is 0.903 bits per heavy atom. The molecule has 0 bridgehead atoms. The topological polar surface area (TPSA) is 48.7 Å². The standard InChI is InChI=1S/C25H32N6/c1-2-27-25(31-16-14-29(15-17-31)19-23-6-4-3-5-7-23)28-18-22-8-10-24(11-9-22)20-30-13-12-26-21-30/h3-13,21H,2,14-20H2,1H3,(H,27,28). The minimum absolute atomic E-state index is 0.692. The van der Waals surface area contributed by atoms with Gasteiger partial charge in [-0.15, -0.1) is 0 Å². The number of nitrogens with zero attached hydrogens (tertiary/aromatic N) is 5. The van der Waals surface area contributed by atoms with Crippen LogP contribution in [-0.4, -0.2) is 58.0 Å². The fourth-order valence-corrected chi connectivity index (χ4v) is 3.89. The van der Waals surface area contributed by atoms with Crippen molar-refractivity contribution >= 4 is 5.96 Å². The lowest BCUT2D eigenvalue weighted by atomic mass is 10.1. The molecule has 6 nitrogen and oxygen atoms in total. The molecule has 1 fully saturated rings. The summed E-state index contributed by atoms with van der Waals surface area (Å²) < 4.78 is 2.08. The van der Waals surface area contributed by atoms with Crippen molar-refractivity contribution in [3.63, 3.8) is 0 Å². The fraction of sp³-hybridized carbons (Fsp3) is 0.360. The molecule has 0 unspecified atom stereocenters. The Morgan fingerprint density at radius 2 is 1.61 bits per heavy atom. The summed E-state index contributed by atoms with van der Waals surface area (Å²) in [6, 6.07) is 19.4. The molecule has 0 saturated carbocycles. The third kappa shape index (κ3) is 6.18. The van der Waals surface area contributed by atoms with Crippen LogP contribution in [0.3, 0.4) is 0 Å². The van der Waals surface area contributed by atoms with E-state index in [-0.39, 0.29) is 0 Å². The van der Waals surface area contributed by atoms with Gasteiger partial charge in [-0.1, -0.05) is 54.6 Å². The molecule has 1 saturated heterocycles. The molecule has 1 N–H and O–H groups in total. The van der Waals surface area contributed by atoms with Crippen molar-refractivity contribution in [1.82, 2.24) is 24.7 Å². The smallest absolute Gasteiger partial charge is 0.194 e. The van der Waals surface area contributed by atoms with Gasteiger partial charge in [-0.2, -0.15) is 0 Å². The van der Waals surface area contributed by atoms with Crippen molar-refractivity contribution in [2.24, 2.45) is 4.99 Å². The second kappa shape index (κ2) is 10.8. The first-order valence-electron chi connectivity index (χ1n) is 11.1. The van der Waals surface area contributed by atoms with Crippen LogP contribution in [0.15, 0.2) is 78.3 Å². The number of benzene rings is 2. The van der Waals surface area contributed by atoms with Gasteiger partial charge in [-0.3, -0.25) is 4.90 Å². The Morgan fingerprint density at radius 3 is 2.29 bits per heavy atom. The van der Waals surface area contributed by atoms with Crippen LogP contribution in [0.1, 0.15) is 23.6 Å². The lowest BCUT2D eigenvalue weighted by Crippen LogP contribution is -2.52. The number of hydrogen-bond acceptors (Lipinski definition) is 3. The zero-order chi connectivity index (χ0) is 21.3. The SMILES string of the molecule is CCNC(=NCc1ccc(Cn2ccnc2)cc1)N1CCN(Cc2ccccc2)CC1. The molecule has 2 heterocycles. The molecule has 0 spiro atoms. The van der Waals surface area contributed by atoms with E-state index in [2.05, 4.69) is 86.2 Å².